The number of rotatable bonds is 4. The molecule has 2 heterocycles. The molecule has 1 unspecified atom stereocenters. The van der Waals surface area contributed by atoms with Crippen LogP contribution in [0.5, 0.6) is 0 Å². The quantitative estimate of drug-likeness (QED) is 0.779. The van der Waals surface area contributed by atoms with Gasteiger partial charge in [0.1, 0.15) is 0 Å². The number of anilines is 1. The molecule has 2 aliphatic rings. The SMILES string of the molecule is O=C(Nc1ccc(Cl)cc1)N1CCCN(C(=O)C2CCCN2Cc2ccccc2)CC1. The number of amides is 3. The highest BCUT2D eigenvalue weighted by Crippen LogP contribution is 2.23. The molecule has 2 aromatic rings. The first-order valence-corrected chi connectivity index (χ1v) is 11.4. The molecule has 6 nitrogen and oxygen atoms in total. The Morgan fingerprint density at radius 3 is 2.35 bits per heavy atom. The number of urea groups is 1. The van der Waals surface area contributed by atoms with Crippen molar-refractivity contribution in [2.75, 3.05) is 38.0 Å². The van der Waals surface area contributed by atoms with Gasteiger partial charge in [0.2, 0.25) is 5.91 Å². The summed E-state index contributed by atoms with van der Waals surface area (Å²) in [5.74, 6) is 0.202. The number of benzene rings is 2. The second-order valence-corrected chi connectivity index (χ2v) is 8.65. The lowest BCUT2D eigenvalue weighted by atomic mass is 10.1. The third kappa shape index (κ3) is 5.57. The molecular formula is C24H29ClN4O2. The van der Waals surface area contributed by atoms with Crippen molar-refractivity contribution in [3.8, 4) is 0 Å². The fourth-order valence-corrected chi connectivity index (χ4v) is 4.53. The van der Waals surface area contributed by atoms with Crippen LogP contribution < -0.4 is 5.32 Å². The molecule has 0 saturated carbocycles. The second kappa shape index (κ2) is 10.2. The lowest BCUT2D eigenvalue weighted by Gasteiger charge is -2.29. The molecule has 31 heavy (non-hydrogen) atoms. The number of nitrogens with one attached hydrogen (secondary N) is 1. The molecule has 164 valence electrons. The van der Waals surface area contributed by atoms with E-state index < -0.39 is 0 Å². The summed E-state index contributed by atoms with van der Waals surface area (Å²) in [5.41, 5.74) is 1.96. The Bertz CT molecular complexity index is 890. The van der Waals surface area contributed by atoms with E-state index in [-0.39, 0.29) is 18.0 Å². The Balaban J connectivity index is 1.32. The van der Waals surface area contributed by atoms with Gasteiger partial charge < -0.3 is 15.1 Å². The van der Waals surface area contributed by atoms with E-state index in [0.29, 0.717) is 36.9 Å². The van der Waals surface area contributed by atoms with Gasteiger partial charge in [-0.1, -0.05) is 41.9 Å². The first-order chi connectivity index (χ1) is 15.1. The molecule has 0 aromatic heterocycles. The minimum Gasteiger partial charge on any atom is -0.339 e. The van der Waals surface area contributed by atoms with Crippen LogP contribution in [0, 0.1) is 0 Å². The van der Waals surface area contributed by atoms with Crippen molar-refractivity contribution in [1.29, 1.82) is 0 Å². The summed E-state index contributed by atoms with van der Waals surface area (Å²) < 4.78 is 0. The van der Waals surface area contributed by atoms with Crippen LogP contribution in [0.25, 0.3) is 0 Å². The van der Waals surface area contributed by atoms with Crippen LogP contribution in [0.1, 0.15) is 24.8 Å². The fourth-order valence-electron chi connectivity index (χ4n) is 4.40. The second-order valence-electron chi connectivity index (χ2n) is 8.22. The van der Waals surface area contributed by atoms with E-state index in [4.69, 9.17) is 11.6 Å². The van der Waals surface area contributed by atoms with Crippen molar-refractivity contribution in [1.82, 2.24) is 14.7 Å². The Morgan fingerprint density at radius 1 is 0.871 bits per heavy atom. The Hall–Kier alpha value is -2.57. The first-order valence-electron chi connectivity index (χ1n) is 11.0. The van der Waals surface area contributed by atoms with E-state index in [9.17, 15) is 9.59 Å². The molecule has 0 aliphatic carbocycles. The predicted molar refractivity (Wildman–Crippen MR) is 123 cm³/mol. The van der Waals surface area contributed by atoms with E-state index in [1.165, 1.54) is 5.56 Å². The minimum absolute atomic E-state index is 0.0605. The van der Waals surface area contributed by atoms with E-state index in [1.807, 2.05) is 23.1 Å². The molecule has 4 rings (SSSR count). The van der Waals surface area contributed by atoms with Gasteiger partial charge in [-0.2, -0.15) is 0 Å². The summed E-state index contributed by atoms with van der Waals surface area (Å²) in [6, 6.07) is 17.2. The molecule has 0 bridgehead atoms. The van der Waals surface area contributed by atoms with Gasteiger partial charge >= 0.3 is 6.03 Å². The number of carbonyl (C=O) groups is 2. The van der Waals surface area contributed by atoms with Crippen LogP contribution in [-0.4, -0.2) is 65.4 Å². The molecule has 2 saturated heterocycles. The van der Waals surface area contributed by atoms with Gasteiger partial charge in [0.25, 0.3) is 0 Å². The van der Waals surface area contributed by atoms with Crippen LogP contribution in [0.2, 0.25) is 5.02 Å². The maximum atomic E-state index is 13.3. The van der Waals surface area contributed by atoms with E-state index in [1.54, 1.807) is 29.2 Å². The monoisotopic (exact) mass is 440 g/mol. The molecule has 2 aromatic carbocycles. The van der Waals surface area contributed by atoms with Crippen LogP contribution in [0.15, 0.2) is 54.6 Å². The number of hydrogen-bond acceptors (Lipinski definition) is 3. The van der Waals surface area contributed by atoms with Crippen LogP contribution in [-0.2, 0) is 11.3 Å². The highest BCUT2D eigenvalue weighted by molar-refractivity contribution is 6.30. The summed E-state index contributed by atoms with van der Waals surface area (Å²) >= 11 is 5.91. The lowest BCUT2D eigenvalue weighted by molar-refractivity contribution is -0.136. The van der Waals surface area contributed by atoms with Gasteiger partial charge in [-0.15, -0.1) is 0 Å². The normalized spacial score (nSPS) is 19.8. The molecule has 1 atom stereocenters. The maximum Gasteiger partial charge on any atom is 0.321 e. The Labute approximate surface area is 188 Å². The van der Waals surface area contributed by atoms with Gasteiger partial charge in [0.05, 0.1) is 6.04 Å². The molecule has 0 radical (unpaired) electrons. The van der Waals surface area contributed by atoms with Gasteiger partial charge in [0, 0.05) is 43.4 Å². The third-order valence-corrected chi connectivity index (χ3v) is 6.32. The van der Waals surface area contributed by atoms with Gasteiger partial charge in [-0.3, -0.25) is 9.69 Å². The molecule has 2 fully saturated rings. The van der Waals surface area contributed by atoms with Crippen molar-refractivity contribution in [2.45, 2.75) is 31.8 Å². The highest BCUT2D eigenvalue weighted by Gasteiger charge is 2.34. The summed E-state index contributed by atoms with van der Waals surface area (Å²) in [5, 5.41) is 3.55. The Kier molecular flexibility index (Phi) is 7.10. The maximum absolute atomic E-state index is 13.3. The van der Waals surface area contributed by atoms with Crippen molar-refractivity contribution < 1.29 is 9.59 Å². The molecule has 2 aliphatic heterocycles. The number of hydrogen-bond donors (Lipinski definition) is 1. The summed E-state index contributed by atoms with van der Waals surface area (Å²) in [4.78, 5) is 32.0. The van der Waals surface area contributed by atoms with E-state index >= 15 is 0 Å². The average Bonchev–Trinajstić information content (AvgIpc) is 3.09. The zero-order valence-electron chi connectivity index (χ0n) is 17.7. The molecule has 3 amide bonds. The number of carbonyl (C=O) groups excluding carboxylic acids is 2. The molecule has 7 heteroatoms. The minimum atomic E-state index is -0.136. The van der Waals surface area contributed by atoms with Gasteiger partial charge in [-0.25, -0.2) is 4.79 Å². The number of likely N-dealkylation sites (tertiary alicyclic amines) is 1. The van der Waals surface area contributed by atoms with E-state index in [2.05, 4.69) is 22.3 Å². The van der Waals surface area contributed by atoms with Crippen LogP contribution in [0.4, 0.5) is 10.5 Å². The largest absolute Gasteiger partial charge is 0.339 e. The van der Waals surface area contributed by atoms with Gasteiger partial charge in [-0.05, 0) is 55.6 Å². The average molecular weight is 441 g/mol. The van der Waals surface area contributed by atoms with Gasteiger partial charge in [0.15, 0.2) is 0 Å². The zero-order valence-corrected chi connectivity index (χ0v) is 18.4. The van der Waals surface area contributed by atoms with Crippen LogP contribution in [0.3, 0.4) is 0 Å². The Morgan fingerprint density at radius 2 is 1.58 bits per heavy atom. The summed E-state index contributed by atoms with van der Waals surface area (Å²) in [7, 11) is 0. The van der Waals surface area contributed by atoms with Crippen molar-refractivity contribution in [3.05, 3.63) is 65.2 Å². The summed E-state index contributed by atoms with van der Waals surface area (Å²) in [6.45, 7) is 4.20. The number of nitrogens with zero attached hydrogens (tertiary/aromatic N) is 3. The molecule has 1 N–H and O–H groups in total. The number of halogens is 1. The predicted octanol–water partition coefficient (Wildman–Crippen LogP) is 4.07. The van der Waals surface area contributed by atoms with Crippen LogP contribution >= 0.6 is 11.6 Å². The smallest absolute Gasteiger partial charge is 0.321 e. The lowest BCUT2D eigenvalue weighted by Crippen LogP contribution is -2.47. The third-order valence-electron chi connectivity index (χ3n) is 6.07. The van der Waals surface area contributed by atoms with Crippen molar-refractivity contribution in [3.63, 3.8) is 0 Å². The topological polar surface area (TPSA) is 55.9 Å². The highest BCUT2D eigenvalue weighted by atomic mass is 35.5. The standard InChI is InChI=1S/C24H29ClN4O2/c25-20-9-11-21(12-10-20)26-24(31)28-15-5-14-27(16-17-28)23(30)22-8-4-13-29(22)18-19-6-2-1-3-7-19/h1-3,6-7,9-12,22H,4-5,8,13-18H2,(H,26,31). The van der Waals surface area contributed by atoms with Crippen molar-refractivity contribution in [2.24, 2.45) is 0 Å². The first kappa shape index (κ1) is 21.7. The van der Waals surface area contributed by atoms with E-state index in [0.717, 1.165) is 32.4 Å². The fraction of sp³-hybridized carbons (Fsp3) is 0.417. The van der Waals surface area contributed by atoms with Crippen molar-refractivity contribution >= 4 is 29.2 Å². The molecular weight excluding hydrogens is 412 g/mol. The zero-order chi connectivity index (χ0) is 21.6. The molecule has 0 spiro atoms. The summed E-state index contributed by atoms with van der Waals surface area (Å²) in [6.07, 6.45) is 2.74.